The standard InChI is InChI=1S/C9H13ClN4.ClH/c10-9-8(12-2-3-13-9)6-14-4-1-7(11)5-14;/h2-3,7H,1,4-6,11H2;1H/t7-;/m1./s1. The lowest BCUT2D eigenvalue weighted by Gasteiger charge is -2.14. The Morgan fingerprint density at radius 1 is 1.47 bits per heavy atom. The summed E-state index contributed by atoms with van der Waals surface area (Å²) in [7, 11) is 0. The van der Waals surface area contributed by atoms with E-state index in [9.17, 15) is 0 Å². The Morgan fingerprint density at radius 3 is 2.80 bits per heavy atom. The molecule has 0 aromatic carbocycles. The lowest BCUT2D eigenvalue weighted by atomic mass is 10.3. The molecular weight excluding hydrogens is 235 g/mol. The maximum absolute atomic E-state index is 5.91. The van der Waals surface area contributed by atoms with Gasteiger partial charge < -0.3 is 5.73 Å². The van der Waals surface area contributed by atoms with E-state index in [1.807, 2.05) is 0 Å². The molecule has 4 nitrogen and oxygen atoms in total. The third-order valence-electron chi connectivity index (χ3n) is 2.41. The SMILES string of the molecule is Cl.N[C@@H]1CCN(Cc2nccnc2Cl)C1. The summed E-state index contributed by atoms with van der Waals surface area (Å²) in [6, 6.07) is 0.297. The Bertz CT molecular complexity index is 321. The van der Waals surface area contributed by atoms with E-state index >= 15 is 0 Å². The van der Waals surface area contributed by atoms with Gasteiger partial charge in [0.1, 0.15) is 0 Å². The van der Waals surface area contributed by atoms with Gasteiger partial charge in [0.15, 0.2) is 5.15 Å². The normalized spacial score (nSPS) is 21.3. The lowest BCUT2D eigenvalue weighted by molar-refractivity contribution is 0.322. The van der Waals surface area contributed by atoms with Crippen LogP contribution in [0.25, 0.3) is 0 Å². The summed E-state index contributed by atoms with van der Waals surface area (Å²) in [5.41, 5.74) is 6.64. The van der Waals surface area contributed by atoms with Gasteiger partial charge in [0.25, 0.3) is 0 Å². The van der Waals surface area contributed by atoms with Gasteiger partial charge in [-0.05, 0) is 6.42 Å². The molecule has 0 spiro atoms. The molecule has 1 fully saturated rings. The summed E-state index contributed by atoms with van der Waals surface area (Å²) in [4.78, 5) is 10.4. The Balaban J connectivity index is 0.00000112. The minimum Gasteiger partial charge on any atom is -0.326 e. The first kappa shape index (κ1) is 12.6. The molecule has 0 saturated carbocycles. The van der Waals surface area contributed by atoms with Crippen LogP contribution in [0.3, 0.4) is 0 Å². The summed E-state index contributed by atoms with van der Waals surface area (Å²) >= 11 is 5.91. The lowest BCUT2D eigenvalue weighted by Crippen LogP contribution is -2.26. The first-order chi connectivity index (χ1) is 6.75. The third kappa shape index (κ3) is 3.28. The van der Waals surface area contributed by atoms with Gasteiger partial charge in [-0.2, -0.15) is 0 Å². The molecule has 6 heteroatoms. The van der Waals surface area contributed by atoms with Gasteiger partial charge in [-0.15, -0.1) is 12.4 Å². The quantitative estimate of drug-likeness (QED) is 0.852. The predicted octanol–water partition coefficient (Wildman–Crippen LogP) is 1.08. The van der Waals surface area contributed by atoms with E-state index in [0.29, 0.717) is 11.2 Å². The zero-order valence-electron chi connectivity index (χ0n) is 8.27. The van der Waals surface area contributed by atoms with E-state index in [2.05, 4.69) is 14.9 Å². The molecule has 1 aliphatic rings. The molecule has 0 unspecified atom stereocenters. The molecule has 1 aromatic rings. The molecule has 1 aliphatic heterocycles. The number of nitrogens with zero attached hydrogens (tertiary/aromatic N) is 3. The van der Waals surface area contributed by atoms with Gasteiger partial charge >= 0.3 is 0 Å². The Kier molecular flexibility index (Phi) is 4.73. The van der Waals surface area contributed by atoms with Crippen molar-refractivity contribution in [3.8, 4) is 0 Å². The van der Waals surface area contributed by atoms with Crippen LogP contribution in [0, 0.1) is 0 Å². The average molecular weight is 249 g/mol. The van der Waals surface area contributed by atoms with Crippen LogP contribution in [0.4, 0.5) is 0 Å². The summed E-state index contributed by atoms with van der Waals surface area (Å²) < 4.78 is 0. The Morgan fingerprint density at radius 2 is 2.20 bits per heavy atom. The molecule has 1 saturated heterocycles. The molecule has 84 valence electrons. The van der Waals surface area contributed by atoms with Crippen LogP contribution in [0.1, 0.15) is 12.1 Å². The molecule has 0 radical (unpaired) electrons. The number of likely N-dealkylation sites (tertiary alicyclic amines) is 1. The smallest absolute Gasteiger partial charge is 0.151 e. The van der Waals surface area contributed by atoms with Crippen LogP contribution < -0.4 is 5.73 Å². The van der Waals surface area contributed by atoms with Gasteiger partial charge in [0.05, 0.1) is 5.69 Å². The highest BCUT2D eigenvalue weighted by molar-refractivity contribution is 6.29. The fourth-order valence-corrected chi connectivity index (χ4v) is 1.84. The van der Waals surface area contributed by atoms with Crippen molar-refractivity contribution in [3.63, 3.8) is 0 Å². The second-order valence-corrected chi connectivity index (χ2v) is 3.94. The van der Waals surface area contributed by atoms with E-state index in [-0.39, 0.29) is 12.4 Å². The highest BCUT2D eigenvalue weighted by Crippen LogP contribution is 2.15. The first-order valence-corrected chi connectivity index (χ1v) is 5.07. The van der Waals surface area contributed by atoms with Crippen LogP contribution in [0.2, 0.25) is 5.15 Å². The van der Waals surface area contributed by atoms with Crippen molar-refractivity contribution in [2.75, 3.05) is 13.1 Å². The summed E-state index contributed by atoms with van der Waals surface area (Å²) in [6.45, 7) is 2.70. The van der Waals surface area contributed by atoms with Crippen LogP contribution in [0.5, 0.6) is 0 Å². The third-order valence-corrected chi connectivity index (χ3v) is 2.72. The minimum atomic E-state index is 0. The molecule has 2 N–H and O–H groups in total. The van der Waals surface area contributed by atoms with Crippen LogP contribution in [-0.2, 0) is 6.54 Å². The number of hydrogen-bond donors (Lipinski definition) is 1. The molecule has 2 heterocycles. The monoisotopic (exact) mass is 248 g/mol. The predicted molar refractivity (Wildman–Crippen MR) is 62.2 cm³/mol. The van der Waals surface area contributed by atoms with E-state index in [1.165, 1.54) is 0 Å². The Labute approximate surface area is 100 Å². The minimum absolute atomic E-state index is 0. The molecule has 15 heavy (non-hydrogen) atoms. The van der Waals surface area contributed by atoms with Crippen molar-refractivity contribution >= 4 is 24.0 Å². The van der Waals surface area contributed by atoms with Gasteiger partial charge in [-0.1, -0.05) is 11.6 Å². The number of rotatable bonds is 2. The highest BCUT2D eigenvalue weighted by Gasteiger charge is 2.20. The molecule has 1 atom stereocenters. The van der Waals surface area contributed by atoms with Crippen molar-refractivity contribution < 1.29 is 0 Å². The van der Waals surface area contributed by atoms with Gasteiger partial charge in [0.2, 0.25) is 0 Å². The molecule has 0 aliphatic carbocycles. The maximum atomic E-state index is 5.91. The van der Waals surface area contributed by atoms with E-state index in [0.717, 1.165) is 31.7 Å². The zero-order chi connectivity index (χ0) is 9.97. The van der Waals surface area contributed by atoms with Crippen molar-refractivity contribution in [2.24, 2.45) is 5.73 Å². The van der Waals surface area contributed by atoms with E-state index in [4.69, 9.17) is 17.3 Å². The van der Waals surface area contributed by atoms with E-state index < -0.39 is 0 Å². The average Bonchev–Trinajstić information content (AvgIpc) is 2.56. The van der Waals surface area contributed by atoms with Gasteiger partial charge in [-0.3, -0.25) is 9.88 Å². The molecule has 0 bridgehead atoms. The zero-order valence-corrected chi connectivity index (χ0v) is 9.84. The highest BCUT2D eigenvalue weighted by atomic mass is 35.5. The largest absolute Gasteiger partial charge is 0.326 e. The van der Waals surface area contributed by atoms with Crippen LogP contribution in [0.15, 0.2) is 12.4 Å². The fraction of sp³-hybridized carbons (Fsp3) is 0.556. The molecular formula is C9H14Cl2N4. The topological polar surface area (TPSA) is 55.0 Å². The summed E-state index contributed by atoms with van der Waals surface area (Å²) in [5, 5.41) is 0.493. The second-order valence-electron chi connectivity index (χ2n) is 3.58. The van der Waals surface area contributed by atoms with Crippen molar-refractivity contribution in [3.05, 3.63) is 23.2 Å². The molecule has 0 amide bonds. The maximum Gasteiger partial charge on any atom is 0.151 e. The van der Waals surface area contributed by atoms with Crippen LogP contribution in [-0.4, -0.2) is 34.0 Å². The second kappa shape index (κ2) is 5.61. The van der Waals surface area contributed by atoms with Gasteiger partial charge in [0, 0.05) is 38.1 Å². The van der Waals surface area contributed by atoms with Crippen molar-refractivity contribution in [1.82, 2.24) is 14.9 Å². The van der Waals surface area contributed by atoms with Crippen molar-refractivity contribution in [2.45, 2.75) is 19.0 Å². The summed E-state index contributed by atoms with van der Waals surface area (Å²) in [5.74, 6) is 0. The first-order valence-electron chi connectivity index (χ1n) is 4.69. The van der Waals surface area contributed by atoms with Crippen LogP contribution >= 0.6 is 24.0 Å². The number of hydrogen-bond acceptors (Lipinski definition) is 4. The summed E-state index contributed by atoms with van der Waals surface area (Å²) in [6.07, 6.45) is 4.32. The number of nitrogens with two attached hydrogens (primary N) is 1. The van der Waals surface area contributed by atoms with Gasteiger partial charge in [-0.25, -0.2) is 4.98 Å². The number of halogens is 2. The molecule has 2 rings (SSSR count). The van der Waals surface area contributed by atoms with E-state index in [1.54, 1.807) is 12.4 Å². The number of aromatic nitrogens is 2. The van der Waals surface area contributed by atoms with Crippen molar-refractivity contribution in [1.29, 1.82) is 0 Å². The fourth-order valence-electron chi connectivity index (χ4n) is 1.67. The Hall–Kier alpha value is -0.420. The molecule has 1 aromatic heterocycles.